The summed E-state index contributed by atoms with van der Waals surface area (Å²) in [5.74, 6) is 0.869. The summed E-state index contributed by atoms with van der Waals surface area (Å²) in [6.07, 6.45) is 8.73. The molecule has 0 amide bonds. The Morgan fingerprint density at radius 2 is 1.95 bits per heavy atom. The third-order valence-corrected chi connectivity index (χ3v) is 3.51. The van der Waals surface area contributed by atoms with E-state index in [2.05, 4.69) is 49.1 Å². The monoisotopic (exact) mass is 296 g/mol. The van der Waals surface area contributed by atoms with Crippen molar-refractivity contribution in [3.63, 3.8) is 0 Å². The first-order valence-electron chi connectivity index (χ1n) is 7.81. The summed E-state index contributed by atoms with van der Waals surface area (Å²) in [5, 5.41) is 11.6. The quantitative estimate of drug-likeness (QED) is 0.550. The van der Waals surface area contributed by atoms with E-state index in [1.807, 2.05) is 13.0 Å². The predicted molar refractivity (Wildman–Crippen MR) is 94.2 cm³/mol. The lowest BCUT2D eigenvalue weighted by molar-refractivity contribution is 0.182. The number of fused-ring (bicyclic) bond motifs is 1. The summed E-state index contributed by atoms with van der Waals surface area (Å²) in [4.78, 5) is 0. The Morgan fingerprint density at radius 1 is 1.18 bits per heavy atom. The minimum atomic E-state index is -0.202. The minimum Gasteiger partial charge on any atom is -0.490 e. The molecule has 22 heavy (non-hydrogen) atoms. The maximum atomic E-state index is 9.22. The van der Waals surface area contributed by atoms with Gasteiger partial charge in [-0.05, 0) is 60.7 Å². The van der Waals surface area contributed by atoms with Crippen LogP contribution in [0.25, 0.3) is 16.8 Å². The van der Waals surface area contributed by atoms with Crippen LogP contribution in [-0.4, -0.2) is 17.8 Å². The van der Waals surface area contributed by atoms with E-state index in [1.54, 1.807) is 6.08 Å². The van der Waals surface area contributed by atoms with Gasteiger partial charge in [-0.3, -0.25) is 0 Å². The van der Waals surface area contributed by atoms with E-state index in [0.717, 1.165) is 25.0 Å². The summed E-state index contributed by atoms with van der Waals surface area (Å²) >= 11 is 0. The molecule has 0 saturated carbocycles. The van der Waals surface area contributed by atoms with Gasteiger partial charge in [0.05, 0.1) is 6.10 Å². The summed E-state index contributed by atoms with van der Waals surface area (Å²) in [6, 6.07) is 12.5. The molecule has 0 spiro atoms. The van der Waals surface area contributed by atoms with Gasteiger partial charge in [0.25, 0.3) is 0 Å². The fraction of sp³-hybridized carbons (Fsp3) is 0.300. The molecule has 2 aromatic carbocycles. The molecule has 116 valence electrons. The molecular formula is C20H24O2. The van der Waals surface area contributed by atoms with Crippen molar-refractivity contribution in [2.75, 3.05) is 6.61 Å². The number of aliphatic hydroxyl groups is 1. The van der Waals surface area contributed by atoms with E-state index in [4.69, 9.17) is 4.74 Å². The lowest BCUT2D eigenvalue weighted by Gasteiger charge is -2.05. The number of aliphatic hydroxyl groups excluding tert-OH is 1. The second-order valence-electron chi connectivity index (χ2n) is 5.55. The van der Waals surface area contributed by atoms with Crippen LogP contribution in [0.4, 0.5) is 0 Å². The highest BCUT2D eigenvalue weighted by molar-refractivity contribution is 5.86. The van der Waals surface area contributed by atoms with E-state index in [9.17, 15) is 5.11 Å². The topological polar surface area (TPSA) is 29.5 Å². The number of unbranched alkanes of at least 4 members (excludes halogenated alkanes) is 1. The Kier molecular flexibility index (Phi) is 6.23. The van der Waals surface area contributed by atoms with Crippen LogP contribution in [0.5, 0.6) is 5.75 Å². The van der Waals surface area contributed by atoms with Crippen LogP contribution in [0.3, 0.4) is 0 Å². The second-order valence-corrected chi connectivity index (χ2v) is 5.55. The molecule has 2 nitrogen and oxygen atoms in total. The average molecular weight is 296 g/mol. The van der Waals surface area contributed by atoms with Crippen molar-refractivity contribution in [3.05, 3.63) is 60.7 Å². The van der Waals surface area contributed by atoms with Gasteiger partial charge in [0.2, 0.25) is 0 Å². The lowest BCUT2D eigenvalue weighted by Crippen LogP contribution is -1.97. The molecule has 0 fully saturated rings. The smallest absolute Gasteiger partial charge is 0.120 e. The fourth-order valence-electron chi connectivity index (χ4n) is 2.34. The van der Waals surface area contributed by atoms with Gasteiger partial charge in [-0.15, -0.1) is 0 Å². The zero-order valence-electron chi connectivity index (χ0n) is 13.2. The van der Waals surface area contributed by atoms with Gasteiger partial charge in [0.15, 0.2) is 0 Å². The van der Waals surface area contributed by atoms with E-state index in [0.29, 0.717) is 6.61 Å². The molecular weight excluding hydrogens is 272 g/mol. The first-order chi connectivity index (χ1) is 10.7. The van der Waals surface area contributed by atoms with Gasteiger partial charge in [-0.2, -0.15) is 0 Å². The molecule has 1 unspecified atom stereocenters. The van der Waals surface area contributed by atoms with Gasteiger partial charge >= 0.3 is 0 Å². The van der Waals surface area contributed by atoms with Crippen molar-refractivity contribution in [3.8, 4) is 5.75 Å². The SMILES string of the molecule is C=CCOc1ccc2cc(/C=C/CCCC(C)O)ccc2c1. The van der Waals surface area contributed by atoms with Crippen molar-refractivity contribution in [1.82, 2.24) is 0 Å². The van der Waals surface area contributed by atoms with Gasteiger partial charge in [-0.25, -0.2) is 0 Å². The Morgan fingerprint density at radius 3 is 2.73 bits per heavy atom. The van der Waals surface area contributed by atoms with Crippen LogP contribution in [-0.2, 0) is 0 Å². The minimum absolute atomic E-state index is 0.202. The van der Waals surface area contributed by atoms with Crippen molar-refractivity contribution in [1.29, 1.82) is 0 Å². The third kappa shape index (κ3) is 5.05. The average Bonchev–Trinajstić information content (AvgIpc) is 2.52. The molecule has 0 radical (unpaired) electrons. The molecule has 0 heterocycles. The third-order valence-electron chi connectivity index (χ3n) is 3.51. The predicted octanol–water partition coefficient (Wildman–Crippen LogP) is 4.97. The number of hydrogen-bond donors (Lipinski definition) is 1. The normalized spacial score (nSPS) is 12.6. The number of benzene rings is 2. The molecule has 0 saturated heterocycles. The summed E-state index contributed by atoms with van der Waals surface area (Å²) in [7, 11) is 0. The molecule has 1 atom stereocenters. The first kappa shape index (κ1) is 16.3. The highest BCUT2D eigenvalue weighted by Gasteiger charge is 1.98. The molecule has 0 aliphatic carbocycles. The van der Waals surface area contributed by atoms with E-state index < -0.39 is 0 Å². The zero-order chi connectivity index (χ0) is 15.8. The van der Waals surface area contributed by atoms with Crippen LogP contribution in [0, 0.1) is 0 Å². The maximum absolute atomic E-state index is 9.22. The van der Waals surface area contributed by atoms with Gasteiger partial charge in [0.1, 0.15) is 12.4 Å². The van der Waals surface area contributed by atoms with Crippen LogP contribution in [0.2, 0.25) is 0 Å². The van der Waals surface area contributed by atoms with Crippen molar-refractivity contribution < 1.29 is 9.84 Å². The Bertz CT molecular complexity index is 641. The van der Waals surface area contributed by atoms with Gasteiger partial charge < -0.3 is 9.84 Å². The Labute approximate surface area is 132 Å². The molecule has 2 rings (SSSR count). The van der Waals surface area contributed by atoms with Crippen molar-refractivity contribution in [2.24, 2.45) is 0 Å². The second kappa shape index (κ2) is 8.40. The highest BCUT2D eigenvalue weighted by atomic mass is 16.5. The van der Waals surface area contributed by atoms with E-state index >= 15 is 0 Å². The summed E-state index contributed by atoms with van der Waals surface area (Å²) in [6.45, 7) is 6.01. The largest absolute Gasteiger partial charge is 0.490 e. The molecule has 2 aromatic rings. The molecule has 1 N–H and O–H groups in total. The Hall–Kier alpha value is -2.06. The molecule has 0 aliphatic heterocycles. The van der Waals surface area contributed by atoms with Crippen LogP contribution < -0.4 is 4.74 Å². The summed E-state index contributed by atoms with van der Waals surface area (Å²) < 4.78 is 5.55. The van der Waals surface area contributed by atoms with Crippen LogP contribution in [0.1, 0.15) is 31.7 Å². The fourth-order valence-corrected chi connectivity index (χ4v) is 2.34. The molecule has 0 bridgehead atoms. The van der Waals surface area contributed by atoms with Gasteiger partial charge in [-0.1, -0.05) is 43.0 Å². The van der Waals surface area contributed by atoms with Crippen molar-refractivity contribution in [2.45, 2.75) is 32.3 Å². The number of allylic oxidation sites excluding steroid dienone is 1. The number of rotatable bonds is 8. The number of hydrogen-bond acceptors (Lipinski definition) is 2. The maximum Gasteiger partial charge on any atom is 0.120 e. The Balaban J connectivity index is 2.01. The zero-order valence-corrected chi connectivity index (χ0v) is 13.2. The van der Waals surface area contributed by atoms with E-state index in [-0.39, 0.29) is 6.10 Å². The molecule has 2 heteroatoms. The molecule has 0 aliphatic rings. The van der Waals surface area contributed by atoms with E-state index in [1.165, 1.54) is 16.3 Å². The van der Waals surface area contributed by atoms with Crippen LogP contribution in [0.15, 0.2) is 55.1 Å². The van der Waals surface area contributed by atoms with Crippen LogP contribution >= 0.6 is 0 Å². The first-order valence-corrected chi connectivity index (χ1v) is 7.81. The molecule has 0 aromatic heterocycles. The van der Waals surface area contributed by atoms with Gasteiger partial charge in [0, 0.05) is 0 Å². The standard InChI is InChI=1S/C20H24O2/c1-3-13-22-20-12-11-18-14-17(9-10-19(18)15-20)8-6-4-5-7-16(2)21/h3,6,8-12,14-16,21H,1,4-5,7,13H2,2H3/b8-6+. The lowest BCUT2D eigenvalue weighted by atomic mass is 10.1. The number of ether oxygens (including phenoxy) is 1. The highest BCUT2D eigenvalue weighted by Crippen LogP contribution is 2.22. The van der Waals surface area contributed by atoms with Crippen molar-refractivity contribution >= 4 is 16.8 Å². The summed E-state index contributed by atoms with van der Waals surface area (Å²) in [5.41, 5.74) is 1.20.